The van der Waals surface area contributed by atoms with Gasteiger partial charge in [0.2, 0.25) is 0 Å². The molecule has 0 aliphatic carbocycles. The van der Waals surface area contributed by atoms with Crippen LogP contribution in [0.25, 0.3) is 0 Å². The molecule has 1 aliphatic rings. The van der Waals surface area contributed by atoms with Crippen molar-refractivity contribution in [3.63, 3.8) is 0 Å². The first-order chi connectivity index (χ1) is 16.6. The molecule has 8 heteroatoms. The normalized spacial score (nSPS) is 19.1. The lowest BCUT2D eigenvalue weighted by Gasteiger charge is -2.38. The van der Waals surface area contributed by atoms with Gasteiger partial charge in [0.05, 0.1) is 13.2 Å². The van der Waals surface area contributed by atoms with Crippen LogP contribution in [0.5, 0.6) is 17.2 Å². The van der Waals surface area contributed by atoms with Gasteiger partial charge in [0.1, 0.15) is 11.9 Å². The lowest BCUT2D eigenvalue weighted by molar-refractivity contribution is -0.0687. The highest BCUT2D eigenvalue weighted by atomic mass is 31.2. The van der Waals surface area contributed by atoms with Crippen LogP contribution in [0.4, 0.5) is 0 Å². The van der Waals surface area contributed by atoms with E-state index in [-0.39, 0.29) is 0 Å². The molecule has 1 saturated heterocycles. The summed E-state index contributed by atoms with van der Waals surface area (Å²) < 4.78 is 45.0. The Morgan fingerprint density at radius 1 is 0.971 bits per heavy atom. The van der Waals surface area contributed by atoms with Gasteiger partial charge >= 0.3 is 7.75 Å². The van der Waals surface area contributed by atoms with Crippen LogP contribution in [-0.2, 0) is 13.8 Å². The van der Waals surface area contributed by atoms with Crippen LogP contribution in [0.2, 0.25) is 0 Å². The summed E-state index contributed by atoms with van der Waals surface area (Å²) in [7, 11) is -2.20. The van der Waals surface area contributed by atoms with Crippen LogP contribution < -0.4 is 14.0 Å². The summed E-state index contributed by atoms with van der Waals surface area (Å²) in [6.07, 6.45) is -0.888. The van der Waals surface area contributed by atoms with Gasteiger partial charge < -0.3 is 18.7 Å². The molecule has 1 heterocycles. The zero-order valence-electron chi connectivity index (χ0n) is 19.4. The molecule has 3 aromatic carbocycles. The third kappa shape index (κ3) is 5.80. The number of hydrogen-bond acceptors (Lipinski definition) is 6. The van der Waals surface area contributed by atoms with Crippen molar-refractivity contribution >= 4 is 7.75 Å². The second kappa shape index (κ2) is 11.5. The molecule has 3 aromatic rings. The average Bonchev–Trinajstić information content (AvgIpc) is 2.89. The van der Waals surface area contributed by atoms with Gasteiger partial charge in [-0.3, -0.25) is 4.52 Å². The van der Waals surface area contributed by atoms with Crippen molar-refractivity contribution in [2.75, 3.05) is 33.4 Å². The van der Waals surface area contributed by atoms with E-state index in [0.717, 1.165) is 5.56 Å². The minimum absolute atomic E-state index is 0.300. The first-order valence-corrected chi connectivity index (χ1v) is 12.8. The largest absolute Gasteiger partial charge is 0.490 e. The van der Waals surface area contributed by atoms with Crippen LogP contribution >= 0.6 is 7.75 Å². The molecule has 34 heavy (non-hydrogen) atoms. The van der Waals surface area contributed by atoms with E-state index in [4.69, 9.17) is 23.3 Å². The molecule has 0 saturated carbocycles. The van der Waals surface area contributed by atoms with E-state index in [1.807, 2.05) is 79.7 Å². The summed E-state index contributed by atoms with van der Waals surface area (Å²) in [6, 6.07) is 26.4. The topological polar surface area (TPSA) is 66.5 Å². The number of hydrogen-bond donors (Lipinski definition) is 0. The summed E-state index contributed by atoms with van der Waals surface area (Å²) in [5.41, 5.74) is 0.942. The second-order valence-electron chi connectivity index (χ2n) is 7.71. The van der Waals surface area contributed by atoms with Crippen molar-refractivity contribution in [3.05, 3.63) is 90.5 Å². The summed E-state index contributed by atoms with van der Waals surface area (Å²) >= 11 is 0. The molecule has 1 aliphatic heterocycles. The van der Waals surface area contributed by atoms with Crippen molar-refractivity contribution in [2.24, 2.45) is 0 Å². The quantitative estimate of drug-likeness (QED) is 0.341. The van der Waals surface area contributed by atoms with Gasteiger partial charge in [-0.2, -0.15) is 4.67 Å². The Morgan fingerprint density at radius 3 is 2.29 bits per heavy atom. The molecule has 4 rings (SSSR count). The van der Waals surface area contributed by atoms with Crippen molar-refractivity contribution in [1.29, 1.82) is 0 Å². The van der Waals surface area contributed by atoms with Crippen LogP contribution in [0, 0.1) is 0 Å². The maximum atomic E-state index is 13.7. The molecule has 3 unspecified atom stereocenters. The SMILES string of the molecule is CCOc1ccccc1OC(c1ccccc1)C1CN(P(=O)(OC)Oc2ccccc2)CCO1. The number of rotatable bonds is 10. The van der Waals surface area contributed by atoms with E-state index < -0.39 is 20.0 Å². The Balaban J connectivity index is 1.60. The van der Waals surface area contributed by atoms with Gasteiger partial charge in [0.25, 0.3) is 0 Å². The van der Waals surface area contributed by atoms with E-state index in [2.05, 4.69) is 0 Å². The Hall–Kier alpha value is -2.83. The molecular weight excluding hydrogens is 453 g/mol. The number of benzene rings is 3. The smallest absolute Gasteiger partial charge is 0.461 e. The fraction of sp³-hybridized carbons (Fsp3) is 0.308. The molecular formula is C26H30NO6P. The van der Waals surface area contributed by atoms with Crippen molar-refractivity contribution in [1.82, 2.24) is 4.67 Å². The fourth-order valence-corrected chi connectivity index (χ4v) is 5.35. The maximum Gasteiger partial charge on any atom is 0.461 e. The van der Waals surface area contributed by atoms with E-state index >= 15 is 0 Å². The lowest BCUT2D eigenvalue weighted by atomic mass is 10.0. The van der Waals surface area contributed by atoms with Crippen LogP contribution in [-0.4, -0.2) is 44.2 Å². The fourth-order valence-electron chi connectivity index (χ4n) is 3.85. The van der Waals surface area contributed by atoms with Crippen LogP contribution in [0.15, 0.2) is 84.9 Å². The predicted molar refractivity (Wildman–Crippen MR) is 130 cm³/mol. The van der Waals surface area contributed by atoms with Crippen molar-refractivity contribution in [3.8, 4) is 17.2 Å². The minimum Gasteiger partial charge on any atom is -0.490 e. The van der Waals surface area contributed by atoms with Gasteiger partial charge in [-0.1, -0.05) is 60.7 Å². The Bertz CT molecular complexity index is 1080. The predicted octanol–water partition coefficient (Wildman–Crippen LogP) is 5.74. The molecule has 3 atom stereocenters. The van der Waals surface area contributed by atoms with Gasteiger partial charge in [-0.25, -0.2) is 4.57 Å². The monoisotopic (exact) mass is 483 g/mol. The number of para-hydroxylation sites is 3. The third-order valence-corrected chi connectivity index (χ3v) is 7.44. The van der Waals surface area contributed by atoms with Crippen molar-refractivity contribution < 1.29 is 27.8 Å². The first kappa shape index (κ1) is 24.3. The van der Waals surface area contributed by atoms with E-state index in [9.17, 15) is 4.57 Å². The highest BCUT2D eigenvalue weighted by Gasteiger charge is 2.41. The number of morpholine rings is 1. The Morgan fingerprint density at radius 2 is 1.62 bits per heavy atom. The average molecular weight is 484 g/mol. The summed E-state index contributed by atoms with van der Waals surface area (Å²) in [5, 5.41) is 0. The molecule has 0 spiro atoms. The lowest BCUT2D eigenvalue weighted by Crippen LogP contribution is -2.45. The molecule has 0 N–H and O–H groups in total. The first-order valence-electron chi connectivity index (χ1n) is 11.3. The molecule has 0 amide bonds. The van der Waals surface area contributed by atoms with Gasteiger partial charge in [0.15, 0.2) is 17.6 Å². The van der Waals surface area contributed by atoms with Crippen LogP contribution in [0.1, 0.15) is 18.6 Å². The molecule has 0 aromatic heterocycles. The molecule has 1 fully saturated rings. The maximum absolute atomic E-state index is 13.7. The van der Waals surface area contributed by atoms with Gasteiger partial charge in [-0.15, -0.1) is 0 Å². The second-order valence-corrected chi connectivity index (χ2v) is 9.76. The summed E-state index contributed by atoms with van der Waals surface area (Å²) in [4.78, 5) is 0. The summed E-state index contributed by atoms with van der Waals surface area (Å²) in [6.45, 7) is 3.52. The van der Waals surface area contributed by atoms with E-state index in [0.29, 0.717) is 43.6 Å². The molecule has 0 bridgehead atoms. The van der Waals surface area contributed by atoms with Gasteiger partial charge in [0, 0.05) is 20.2 Å². The standard InChI is InChI=1S/C26H30NO6P/c1-3-30-23-16-10-11-17-24(23)32-26(21-12-6-4-7-13-21)25-20-27(18-19-31-25)34(28,29-2)33-22-14-8-5-9-15-22/h4-17,25-26H,3,18-20H2,1-2H3. The molecule has 0 radical (unpaired) electrons. The molecule has 180 valence electrons. The van der Waals surface area contributed by atoms with E-state index in [1.165, 1.54) is 7.11 Å². The number of nitrogens with zero attached hydrogens (tertiary/aromatic N) is 1. The third-order valence-electron chi connectivity index (χ3n) is 5.48. The minimum atomic E-state index is -3.60. The Kier molecular flexibility index (Phi) is 8.25. The zero-order chi connectivity index (χ0) is 23.8. The zero-order valence-corrected chi connectivity index (χ0v) is 20.3. The number of ether oxygens (including phenoxy) is 3. The van der Waals surface area contributed by atoms with Gasteiger partial charge in [-0.05, 0) is 36.8 Å². The highest BCUT2D eigenvalue weighted by molar-refractivity contribution is 7.51. The molecule has 7 nitrogen and oxygen atoms in total. The van der Waals surface area contributed by atoms with Crippen molar-refractivity contribution in [2.45, 2.75) is 19.1 Å². The van der Waals surface area contributed by atoms with E-state index in [1.54, 1.807) is 16.8 Å². The Labute approximate surface area is 200 Å². The van der Waals surface area contributed by atoms with Crippen LogP contribution in [0.3, 0.4) is 0 Å². The highest BCUT2D eigenvalue weighted by Crippen LogP contribution is 2.52. The summed E-state index contributed by atoms with van der Waals surface area (Å²) in [5.74, 6) is 1.76.